The van der Waals surface area contributed by atoms with Gasteiger partial charge in [-0.2, -0.15) is 0 Å². The van der Waals surface area contributed by atoms with Gasteiger partial charge in [0.1, 0.15) is 11.5 Å². The van der Waals surface area contributed by atoms with E-state index in [-0.39, 0.29) is 35.0 Å². The molecule has 0 spiro atoms. The Morgan fingerprint density at radius 1 is 1.24 bits per heavy atom. The number of nitrogens with zero attached hydrogens (tertiary/aromatic N) is 2. The summed E-state index contributed by atoms with van der Waals surface area (Å²) in [7, 11) is 2.13. The molecule has 0 saturated carbocycles. The van der Waals surface area contributed by atoms with Crippen molar-refractivity contribution in [3.63, 3.8) is 0 Å². The predicted octanol–water partition coefficient (Wildman–Crippen LogP) is 4.51. The van der Waals surface area contributed by atoms with Crippen molar-refractivity contribution < 1.29 is 19.5 Å². The first kappa shape index (κ1) is 23.1. The number of carbonyl (C=O) groups excluding carboxylic acids is 1. The minimum atomic E-state index is -0.337. The van der Waals surface area contributed by atoms with Crippen molar-refractivity contribution in [2.24, 2.45) is 11.8 Å². The molecule has 2 aromatic rings. The van der Waals surface area contributed by atoms with Crippen LogP contribution in [0.2, 0.25) is 0 Å². The maximum absolute atomic E-state index is 12.8. The van der Waals surface area contributed by atoms with Crippen molar-refractivity contribution in [1.29, 1.82) is 0 Å². The number of amides is 1. The summed E-state index contributed by atoms with van der Waals surface area (Å²) in [6.45, 7) is 8.36. The Hall–Kier alpha value is -3.06. The molecule has 0 bridgehead atoms. The van der Waals surface area contributed by atoms with E-state index in [0.717, 1.165) is 31.5 Å². The Bertz CT molecular complexity index is 1110. The van der Waals surface area contributed by atoms with Crippen molar-refractivity contribution in [1.82, 2.24) is 15.4 Å². The quantitative estimate of drug-likeness (QED) is 0.619. The average Bonchev–Trinajstić information content (AvgIpc) is 3.12. The molecule has 2 heterocycles. The zero-order chi connectivity index (χ0) is 23.7. The van der Waals surface area contributed by atoms with E-state index in [9.17, 15) is 15.0 Å². The summed E-state index contributed by atoms with van der Waals surface area (Å²) in [4.78, 5) is 15.2. The number of hydrogen-bond acceptors (Lipinski definition) is 6. The highest BCUT2D eigenvalue weighted by Gasteiger charge is 2.32. The second-order valence-corrected chi connectivity index (χ2v) is 9.37. The molecule has 1 aromatic heterocycles. The van der Waals surface area contributed by atoms with Crippen LogP contribution in [-0.2, 0) is 12.8 Å². The number of aromatic nitrogens is 1. The highest BCUT2D eigenvalue weighted by atomic mass is 16.5. The lowest BCUT2D eigenvalue weighted by atomic mass is 9.81. The fourth-order valence-electron chi connectivity index (χ4n) is 4.71. The van der Waals surface area contributed by atoms with Gasteiger partial charge in [0.05, 0.1) is 11.3 Å². The minimum Gasteiger partial charge on any atom is -0.512 e. The van der Waals surface area contributed by atoms with E-state index in [0.29, 0.717) is 29.8 Å². The van der Waals surface area contributed by atoms with E-state index in [2.05, 4.69) is 34.6 Å². The molecule has 1 unspecified atom stereocenters. The fraction of sp³-hybridized carbons (Fsp3) is 0.462. The van der Waals surface area contributed by atoms with E-state index < -0.39 is 0 Å². The van der Waals surface area contributed by atoms with Crippen LogP contribution in [0.5, 0.6) is 0 Å². The van der Waals surface area contributed by atoms with Crippen LogP contribution in [0.1, 0.15) is 54.6 Å². The van der Waals surface area contributed by atoms with Crippen LogP contribution >= 0.6 is 0 Å². The third kappa shape index (κ3) is 4.55. The van der Waals surface area contributed by atoms with Gasteiger partial charge < -0.3 is 25.0 Å². The molecule has 3 N–H and O–H groups in total. The Kier molecular flexibility index (Phi) is 6.61. The van der Waals surface area contributed by atoms with Gasteiger partial charge in [0.25, 0.3) is 5.91 Å². The number of carbonyl (C=O) groups is 1. The highest BCUT2D eigenvalue weighted by Crippen LogP contribution is 2.41. The van der Waals surface area contributed by atoms with Gasteiger partial charge >= 0.3 is 0 Å². The molecule has 0 fully saturated rings. The zero-order valence-electron chi connectivity index (χ0n) is 19.8. The Morgan fingerprint density at radius 2 is 1.97 bits per heavy atom. The first-order valence-electron chi connectivity index (χ1n) is 11.7. The van der Waals surface area contributed by atoms with E-state index in [4.69, 9.17) is 4.52 Å². The van der Waals surface area contributed by atoms with Crippen molar-refractivity contribution in [3.8, 4) is 11.1 Å². The number of nitrogens with one attached hydrogen (secondary N) is 1. The first-order chi connectivity index (χ1) is 15.8. The summed E-state index contributed by atoms with van der Waals surface area (Å²) in [5.41, 5.74) is 5.03. The lowest BCUT2D eigenvalue weighted by Gasteiger charge is -2.25. The van der Waals surface area contributed by atoms with Gasteiger partial charge in [0.2, 0.25) is 5.76 Å². The molecule has 7 heteroatoms. The smallest absolute Gasteiger partial charge is 0.290 e. The molecule has 1 atom stereocenters. The van der Waals surface area contributed by atoms with Gasteiger partial charge in [-0.25, -0.2) is 0 Å². The first-order valence-corrected chi connectivity index (χ1v) is 11.7. The average molecular weight is 452 g/mol. The van der Waals surface area contributed by atoms with E-state index in [1.165, 1.54) is 17.2 Å². The molecular formula is C26H33N3O4. The van der Waals surface area contributed by atoms with Crippen LogP contribution < -0.4 is 5.32 Å². The molecule has 33 heavy (non-hydrogen) atoms. The van der Waals surface area contributed by atoms with Crippen LogP contribution in [0, 0.1) is 11.8 Å². The van der Waals surface area contributed by atoms with Crippen molar-refractivity contribution in [2.75, 3.05) is 26.7 Å². The largest absolute Gasteiger partial charge is 0.512 e. The lowest BCUT2D eigenvalue weighted by Crippen LogP contribution is -2.23. The highest BCUT2D eigenvalue weighted by molar-refractivity contribution is 6.01. The van der Waals surface area contributed by atoms with Crippen molar-refractivity contribution >= 4 is 11.5 Å². The van der Waals surface area contributed by atoms with E-state index >= 15 is 0 Å². The molecule has 176 valence electrons. The number of aliphatic hydroxyl groups excluding tert-OH is 2. The summed E-state index contributed by atoms with van der Waals surface area (Å²) in [6.07, 6.45) is 3.71. The van der Waals surface area contributed by atoms with Gasteiger partial charge in [-0.1, -0.05) is 37.2 Å². The van der Waals surface area contributed by atoms with Crippen molar-refractivity contribution in [2.45, 2.75) is 40.0 Å². The molecule has 2 aliphatic rings. The molecular weight excluding hydrogens is 418 g/mol. The van der Waals surface area contributed by atoms with E-state index in [1.54, 1.807) is 0 Å². The minimum absolute atomic E-state index is 0.0437. The summed E-state index contributed by atoms with van der Waals surface area (Å²) in [5, 5.41) is 28.1. The zero-order valence-corrected chi connectivity index (χ0v) is 19.8. The molecule has 4 rings (SSSR count). The second-order valence-electron chi connectivity index (χ2n) is 9.37. The molecule has 0 radical (unpaired) electrons. The normalized spacial score (nSPS) is 19.3. The van der Waals surface area contributed by atoms with E-state index in [1.807, 2.05) is 26.8 Å². The second kappa shape index (κ2) is 9.43. The number of hydrogen-bond donors (Lipinski definition) is 3. The number of allylic oxidation sites excluding steroid dienone is 3. The summed E-state index contributed by atoms with van der Waals surface area (Å²) < 4.78 is 5.58. The number of rotatable bonds is 5. The number of benzene rings is 1. The van der Waals surface area contributed by atoms with Gasteiger partial charge in [-0.05, 0) is 55.8 Å². The maximum Gasteiger partial charge on any atom is 0.290 e. The predicted molar refractivity (Wildman–Crippen MR) is 128 cm³/mol. The molecule has 1 aromatic carbocycles. The van der Waals surface area contributed by atoms with Gasteiger partial charge in [-0.3, -0.25) is 4.79 Å². The standard InChI is InChI=1S/C26H33N3O4/c1-5-27-26(32)25-23(18-7-6-16-8-10-29(4)11-9-17(16)12-18)24(28-33-25)20-13-19(15(2)3)21(30)14-22(20)31/h6-7,12,14-15,19,30-31H,5,8-11,13H2,1-4H3,(H,27,32). The number of fused-ring (bicyclic) bond motifs is 1. The maximum atomic E-state index is 12.8. The van der Waals surface area contributed by atoms with Gasteiger partial charge in [0, 0.05) is 37.2 Å². The van der Waals surface area contributed by atoms with Gasteiger partial charge in [-0.15, -0.1) is 0 Å². The van der Waals surface area contributed by atoms with Crippen LogP contribution in [0.15, 0.2) is 40.3 Å². The number of likely N-dealkylation sites (N-methyl/N-ethyl adjacent to an activating group) is 1. The lowest BCUT2D eigenvalue weighted by molar-refractivity contribution is 0.0920. The SMILES string of the molecule is CCNC(=O)c1onc(C2=C(O)C=C(O)C(C(C)C)C2)c1-c1ccc2c(c1)CCN(C)CC2. The van der Waals surface area contributed by atoms with Gasteiger partial charge in [0.15, 0.2) is 0 Å². The Morgan fingerprint density at radius 3 is 2.67 bits per heavy atom. The molecule has 0 saturated heterocycles. The molecule has 1 aliphatic carbocycles. The number of aliphatic hydroxyl groups is 2. The summed E-state index contributed by atoms with van der Waals surface area (Å²) in [5.74, 6) is -0.0523. The molecule has 7 nitrogen and oxygen atoms in total. The third-order valence-electron chi connectivity index (χ3n) is 6.74. The van der Waals surface area contributed by atoms with Crippen LogP contribution in [0.4, 0.5) is 0 Å². The summed E-state index contributed by atoms with van der Waals surface area (Å²) in [6, 6.07) is 6.26. The topological polar surface area (TPSA) is 98.8 Å². The molecule has 1 amide bonds. The van der Waals surface area contributed by atoms with Crippen LogP contribution in [-0.4, -0.2) is 52.9 Å². The Labute approximate surface area is 194 Å². The third-order valence-corrected chi connectivity index (χ3v) is 6.74. The van der Waals surface area contributed by atoms with Crippen LogP contribution in [0.25, 0.3) is 16.7 Å². The van der Waals surface area contributed by atoms with Crippen LogP contribution in [0.3, 0.4) is 0 Å². The van der Waals surface area contributed by atoms with Crippen molar-refractivity contribution in [3.05, 3.63) is 58.4 Å². The molecule has 1 aliphatic heterocycles. The fourth-order valence-corrected chi connectivity index (χ4v) is 4.71. The Balaban J connectivity index is 1.85. The monoisotopic (exact) mass is 451 g/mol. The summed E-state index contributed by atoms with van der Waals surface area (Å²) >= 11 is 0.